The summed E-state index contributed by atoms with van der Waals surface area (Å²) >= 11 is 0. The van der Waals surface area contributed by atoms with E-state index in [1.54, 1.807) is 13.0 Å². The molecule has 0 aliphatic carbocycles. The molecule has 21 heavy (non-hydrogen) atoms. The zero-order valence-electron chi connectivity index (χ0n) is 13.7. The highest BCUT2D eigenvalue weighted by Gasteiger charge is 2.25. The van der Waals surface area contributed by atoms with Crippen molar-refractivity contribution < 1.29 is 13.5 Å². The molecule has 0 saturated heterocycles. The molecule has 120 valence electrons. The molecule has 0 heterocycles. The molecule has 0 aliphatic heterocycles. The van der Waals surface area contributed by atoms with E-state index in [1.165, 1.54) is 6.07 Å². The van der Waals surface area contributed by atoms with Crippen LogP contribution in [-0.4, -0.2) is 44.6 Å². The van der Waals surface area contributed by atoms with E-state index in [0.717, 1.165) is 5.56 Å². The van der Waals surface area contributed by atoms with Gasteiger partial charge in [0.2, 0.25) is 10.0 Å². The second kappa shape index (κ2) is 6.44. The minimum Gasteiger partial charge on any atom is -0.392 e. The van der Waals surface area contributed by atoms with Crippen molar-refractivity contribution in [3.63, 3.8) is 0 Å². The number of hydrogen-bond acceptors (Lipinski definition) is 4. The number of rotatable bonds is 6. The lowest BCUT2D eigenvalue weighted by Gasteiger charge is -2.32. The van der Waals surface area contributed by atoms with Crippen LogP contribution in [0.4, 0.5) is 0 Å². The van der Waals surface area contributed by atoms with E-state index in [9.17, 15) is 13.5 Å². The number of aryl methyl sites for hydroxylation is 1. The zero-order chi connectivity index (χ0) is 16.4. The van der Waals surface area contributed by atoms with Crippen molar-refractivity contribution in [3.05, 3.63) is 28.8 Å². The average molecular weight is 314 g/mol. The smallest absolute Gasteiger partial charge is 0.240 e. The van der Waals surface area contributed by atoms with Crippen LogP contribution < -0.4 is 4.72 Å². The number of likely N-dealkylation sites (N-methyl/N-ethyl adjacent to an activating group) is 1. The average Bonchev–Trinajstić information content (AvgIpc) is 2.39. The molecule has 0 atom stereocenters. The minimum absolute atomic E-state index is 0.174. The van der Waals surface area contributed by atoms with Gasteiger partial charge in [-0.1, -0.05) is 6.07 Å². The van der Waals surface area contributed by atoms with Crippen molar-refractivity contribution in [2.75, 3.05) is 20.6 Å². The van der Waals surface area contributed by atoms with Crippen molar-refractivity contribution in [2.45, 2.75) is 44.7 Å². The number of benzene rings is 1. The predicted octanol–water partition coefficient (Wildman–Crippen LogP) is 1.41. The topological polar surface area (TPSA) is 69.6 Å². The first-order valence-corrected chi connectivity index (χ1v) is 8.37. The Morgan fingerprint density at radius 1 is 1.24 bits per heavy atom. The van der Waals surface area contributed by atoms with Crippen molar-refractivity contribution in [1.29, 1.82) is 0 Å². The van der Waals surface area contributed by atoms with E-state index >= 15 is 0 Å². The fourth-order valence-corrected chi connectivity index (χ4v) is 3.35. The van der Waals surface area contributed by atoms with Gasteiger partial charge in [-0.25, -0.2) is 13.1 Å². The normalized spacial score (nSPS) is 13.0. The first-order chi connectivity index (χ1) is 9.51. The number of hydrogen-bond donors (Lipinski definition) is 2. The quantitative estimate of drug-likeness (QED) is 0.833. The maximum Gasteiger partial charge on any atom is 0.240 e. The van der Waals surface area contributed by atoms with Crippen LogP contribution in [0.5, 0.6) is 0 Å². The molecule has 0 saturated carbocycles. The van der Waals surface area contributed by atoms with Gasteiger partial charge in [-0.2, -0.15) is 0 Å². The largest absolute Gasteiger partial charge is 0.392 e. The highest BCUT2D eigenvalue weighted by molar-refractivity contribution is 7.89. The lowest BCUT2D eigenvalue weighted by atomic mass is 10.1. The number of nitrogens with zero attached hydrogens (tertiary/aromatic N) is 1. The van der Waals surface area contributed by atoms with Crippen LogP contribution in [0.1, 0.15) is 30.5 Å². The van der Waals surface area contributed by atoms with Crippen molar-refractivity contribution in [2.24, 2.45) is 0 Å². The van der Waals surface area contributed by atoms with E-state index in [1.807, 2.05) is 39.8 Å². The Balaban J connectivity index is 3.12. The fourth-order valence-electron chi connectivity index (χ4n) is 1.78. The summed E-state index contributed by atoms with van der Waals surface area (Å²) in [5.41, 5.74) is 1.88. The Labute approximate surface area is 128 Å². The van der Waals surface area contributed by atoms with Gasteiger partial charge < -0.3 is 10.0 Å². The fraction of sp³-hybridized carbons (Fsp3) is 0.600. The van der Waals surface area contributed by atoms with Gasteiger partial charge in [0.1, 0.15) is 0 Å². The summed E-state index contributed by atoms with van der Waals surface area (Å²) in [5, 5.41) is 9.25. The summed E-state index contributed by atoms with van der Waals surface area (Å²) in [5.74, 6) is 0. The molecule has 1 aromatic rings. The summed E-state index contributed by atoms with van der Waals surface area (Å²) in [6, 6.07) is 3.34. The summed E-state index contributed by atoms with van der Waals surface area (Å²) in [6.07, 6.45) is 0. The lowest BCUT2D eigenvalue weighted by molar-refractivity contribution is 0.199. The molecule has 0 amide bonds. The Hall–Kier alpha value is -0.950. The van der Waals surface area contributed by atoms with Gasteiger partial charge in [-0.05, 0) is 64.5 Å². The van der Waals surface area contributed by atoms with E-state index in [0.29, 0.717) is 17.7 Å². The molecule has 5 nitrogen and oxygen atoms in total. The minimum atomic E-state index is -3.60. The monoisotopic (exact) mass is 314 g/mol. The van der Waals surface area contributed by atoms with Crippen LogP contribution in [0.3, 0.4) is 0 Å². The predicted molar refractivity (Wildman–Crippen MR) is 84.8 cm³/mol. The first kappa shape index (κ1) is 18.1. The highest BCUT2D eigenvalue weighted by Crippen LogP contribution is 2.21. The third-order valence-corrected chi connectivity index (χ3v) is 5.58. The third kappa shape index (κ3) is 4.26. The Bertz CT molecular complexity index is 608. The van der Waals surface area contributed by atoms with Crippen LogP contribution >= 0.6 is 0 Å². The molecule has 0 spiro atoms. The molecular formula is C15H26N2O3S. The molecule has 0 unspecified atom stereocenters. The molecule has 0 aliphatic rings. The van der Waals surface area contributed by atoms with Crippen molar-refractivity contribution in [3.8, 4) is 0 Å². The molecule has 2 N–H and O–H groups in total. The van der Waals surface area contributed by atoms with Gasteiger partial charge in [0.25, 0.3) is 0 Å². The Morgan fingerprint density at radius 2 is 1.81 bits per heavy atom. The second-order valence-corrected chi connectivity index (χ2v) is 7.96. The van der Waals surface area contributed by atoms with Gasteiger partial charge in [-0.3, -0.25) is 0 Å². The number of aliphatic hydroxyl groups excluding tert-OH is 1. The van der Waals surface area contributed by atoms with Gasteiger partial charge in [0, 0.05) is 12.1 Å². The zero-order valence-corrected chi connectivity index (χ0v) is 14.5. The Kier molecular flexibility index (Phi) is 5.55. The standard InChI is InChI=1S/C15H26N2O3S/c1-11-7-13(9-18)8-14(12(11)2)21(19,20)16-10-15(3,4)17(5)6/h7-8,16,18H,9-10H2,1-6H3. The maximum absolute atomic E-state index is 12.5. The molecule has 0 radical (unpaired) electrons. The molecule has 1 aromatic carbocycles. The van der Waals surface area contributed by atoms with Crippen molar-refractivity contribution >= 4 is 10.0 Å². The van der Waals surface area contributed by atoms with E-state index in [2.05, 4.69) is 4.72 Å². The Morgan fingerprint density at radius 3 is 2.29 bits per heavy atom. The number of nitrogens with one attached hydrogen (secondary N) is 1. The highest BCUT2D eigenvalue weighted by atomic mass is 32.2. The van der Waals surface area contributed by atoms with Crippen LogP contribution in [0.2, 0.25) is 0 Å². The maximum atomic E-state index is 12.5. The van der Waals surface area contributed by atoms with Crippen LogP contribution in [0.15, 0.2) is 17.0 Å². The molecule has 1 rings (SSSR count). The van der Waals surface area contributed by atoms with Gasteiger partial charge in [-0.15, -0.1) is 0 Å². The SMILES string of the molecule is Cc1cc(CO)cc(S(=O)(=O)NCC(C)(C)N(C)C)c1C. The number of aliphatic hydroxyl groups is 1. The summed E-state index contributed by atoms with van der Waals surface area (Å²) in [4.78, 5) is 2.21. The van der Waals surface area contributed by atoms with Gasteiger partial charge in [0.05, 0.1) is 11.5 Å². The van der Waals surface area contributed by atoms with Gasteiger partial charge in [0.15, 0.2) is 0 Å². The summed E-state index contributed by atoms with van der Waals surface area (Å²) < 4.78 is 27.7. The second-order valence-electron chi connectivity index (χ2n) is 6.23. The molecule has 0 fully saturated rings. The summed E-state index contributed by atoms with van der Waals surface area (Å²) in [7, 11) is 0.225. The van der Waals surface area contributed by atoms with E-state index in [4.69, 9.17) is 0 Å². The van der Waals surface area contributed by atoms with Crippen LogP contribution in [0.25, 0.3) is 0 Å². The molecular weight excluding hydrogens is 288 g/mol. The van der Waals surface area contributed by atoms with E-state index < -0.39 is 10.0 Å². The molecule has 6 heteroatoms. The summed E-state index contributed by atoms with van der Waals surface area (Å²) in [6.45, 7) is 7.70. The molecule has 0 bridgehead atoms. The van der Waals surface area contributed by atoms with E-state index in [-0.39, 0.29) is 17.0 Å². The lowest BCUT2D eigenvalue weighted by Crippen LogP contribution is -2.48. The number of sulfonamides is 1. The van der Waals surface area contributed by atoms with Gasteiger partial charge >= 0.3 is 0 Å². The van der Waals surface area contributed by atoms with Crippen LogP contribution in [-0.2, 0) is 16.6 Å². The first-order valence-electron chi connectivity index (χ1n) is 6.89. The third-order valence-electron chi connectivity index (χ3n) is 4.06. The van der Waals surface area contributed by atoms with Crippen LogP contribution in [0, 0.1) is 13.8 Å². The van der Waals surface area contributed by atoms with Crippen molar-refractivity contribution in [1.82, 2.24) is 9.62 Å². The molecule has 0 aromatic heterocycles.